The average molecular weight is 332 g/mol. The van der Waals surface area contributed by atoms with Gasteiger partial charge < -0.3 is 4.74 Å². The normalized spacial score (nSPS) is 24.7. The molecule has 0 spiro atoms. The predicted molar refractivity (Wildman–Crippen MR) is 88.9 cm³/mol. The quantitative estimate of drug-likeness (QED) is 0.620. The Labute approximate surface area is 133 Å². The minimum atomic E-state index is -0.833. The number of rotatable bonds is 4. The molecule has 1 fully saturated rings. The van der Waals surface area contributed by atoms with Crippen molar-refractivity contribution < 1.29 is 9.53 Å². The van der Waals surface area contributed by atoms with Gasteiger partial charge in [-0.2, -0.15) is 0 Å². The number of benzene rings is 1. The van der Waals surface area contributed by atoms with Crippen LogP contribution in [0, 0.1) is 6.92 Å². The van der Waals surface area contributed by atoms with Crippen molar-refractivity contribution in [3.05, 3.63) is 28.8 Å². The van der Waals surface area contributed by atoms with E-state index in [1.54, 1.807) is 35.5 Å². The lowest BCUT2D eigenvalue weighted by Crippen LogP contribution is -2.79. The Kier molecular flexibility index (Phi) is 4.36. The van der Waals surface area contributed by atoms with Crippen molar-refractivity contribution in [2.24, 2.45) is 0 Å². The lowest BCUT2D eigenvalue weighted by molar-refractivity contribution is -0.152. The fraction of sp³-hybridized carbons (Fsp3) is 0.500. The fourth-order valence-corrected chi connectivity index (χ4v) is 5.30. The number of β-lactam (4-membered cyclic amide) rings is 1. The summed E-state index contributed by atoms with van der Waals surface area (Å²) in [6, 6.07) is 5.63. The second-order valence-corrected chi connectivity index (χ2v) is 7.42. The molecule has 0 N–H and O–H groups in total. The number of halogens is 1. The Morgan fingerprint density at radius 2 is 1.90 bits per heavy atom. The largest absolute Gasteiger partial charge is 0.364 e. The van der Waals surface area contributed by atoms with Crippen LogP contribution in [0.25, 0.3) is 0 Å². The van der Waals surface area contributed by atoms with Gasteiger partial charge in [0.1, 0.15) is 0 Å². The summed E-state index contributed by atoms with van der Waals surface area (Å²) in [5.74, 6) is -0.0333. The molecule has 1 aromatic carbocycles. The summed E-state index contributed by atoms with van der Waals surface area (Å²) < 4.78 is 5.06. The lowest BCUT2D eigenvalue weighted by atomic mass is 9.91. The maximum absolute atomic E-state index is 12.6. The van der Waals surface area contributed by atoms with Crippen molar-refractivity contribution >= 4 is 46.7 Å². The summed E-state index contributed by atoms with van der Waals surface area (Å²) in [5.41, 5.74) is 0.925. The number of anilines is 1. The van der Waals surface area contributed by atoms with E-state index >= 15 is 0 Å². The Bertz CT molecular complexity index is 548. The third-order valence-corrected chi connectivity index (χ3v) is 7.61. The summed E-state index contributed by atoms with van der Waals surface area (Å²) in [6.45, 7) is 3.78. The Morgan fingerprint density at radius 3 is 2.40 bits per heavy atom. The molecule has 0 bridgehead atoms. The van der Waals surface area contributed by atoms with E-state index in [0.717, 1.165) is 11.3 Å². The van der Waals surface area contributed by atoms with Gasteiger partial charge in [0.15, 0.2) is 9.80 Å². The maximum atomic E-state index is 12.6. The zero-order valence-electron chi connectivity index (χ0n) is 12.2. The highest BCUT2D eigenvalue weighted by Crippen LogP contribution is 2.58. The molecular formula is C14H18ClNO2S2. The van der Waals surface area contributed by atoms with Gasteiger partial charge in [-0.25, -0.2) is 0 Å². The molecular weight excluding hydrogens is 314 g/mol. The monoisotopic (exact) mass is 331 g/mol. The number of hydrogen-bond donors (Lipinski definition) is 0. The van der Waals surface area contributed by atoms with Crippen molar-refractivity contribution in [1.29, 1.82) is 0 Å². The van der Waals surface area contributed by atoms with E-state index < -0.39 is 9.80 Å². The van der Waals surface area contributed by atoms with Gasteiger partial charge in [0.2, 0.25) is 0 Å². The highest BCUT2D eigenvalue weighted by atomic mass is 35.5. The van der Waals surface area contributed by atoms with E-state index in [1.165, 1.54) is 0 Å². The van der Waals surface area contributed by atoms with E-state index in [1.807, 2.05) is 44.6 Å². The van der Waals surface area contributed by atoms with Crippen LogP contribution in [0.3, 0.4) is 0 Å². The maximum Gasteiger partial charge on any atom is 0.265 e. The van der Waals surface area contributed by atoms with Gasteiger partial charge in [-0.1, -0.05) is 17.7 Å². The minimum Gasteiger partial charge on any atom is -0.364 e. The third-order valence-electron chi connectivity index (χ3n) is 3.95. The van der Waals surface area contributed by atoms with Crippen LogP contribution in [0.15, 0.2) is 18.2 Å². The van der Waals surface area contributed by atoms with Crippen molar-refractivity contribution in [2.75, 3.05) is 24.5 Å². The van der Waals surface area contributed by atoms with Crippen LogP contribution in [-0.2, 0) is 9.53 Å². The molecule has 6 heteroatoms. The van der Waals surface area contributed by atoms with Gasteiger partial charge >= 0.3 is 0 Å². The molecule has 0 aromatic heterocycles. The molecule has 1 aliphatic heterocycles. The predicted octanol–water partition coefficient (Wildman–Crippen LogP) is 3.78. The van der Waals surface area contributed by atoms with Gasteiger partial charge in [-0.05, 0) is 44.1 Å². The highest BCUT2D eigenvalue weighted by molar-refractivity contribution is 8.18. The first-order chi connectivity index (χ1) is 9.39. The number of amides is 1. The van der Waals surface area contributed by atoms with Crippen LogP contribution in [0.1, 0.15) is 12.5 Å². The van der Waals surface area contributed by atoms with E-state index in [2.05, 4.69) is 0 Å². The lowest BCUT2D eigenvalue weighted by Gasteiger charge is -2.60. The summed E-state index contributed by atoms with van der Waals surface area (Å²) in [6.07, 6.45) is 3.99. The molecule has 110 valence electrons. The van der Waals surface area contributed by atoms with E-state index in [0.29, 0.717) is 5.02 Å². The van der Waals surface area contributed by atoms with Gasteiger partial charge in [0.25, 0.3) is 5.91 Å². The highest BCUT2D eigenvalue weighted by Gasteiger charge is 2.70. The molecule has 1 atom stereocenters. The summed E-state index contributed by atoms with van der Waals surface area (Å²) in [4.78, 5) is 14.4. The van der Waals surface area contributed by atoms with Crippen LogP contribution >= 0.6 is 35.1 Å². The molecule has 2 rings (SSSR count). The van der Waals surface area contributed by atoms with E-state index in [-0.39, 0.29) is 5.91 Å². The van der Waals surface area contributed by atoms with Crippen LogP contribution in [0.5, 0.6) is 0 Å². The number of carbonyl (C=O) groups is 1. The zero-order valence-corrected chi connectivity index (χ0v) is 14.6. The average Bonchev–Trinajstić information content (AvgIpc) is 2.46. The van der Waals surface area contributed by atoms with Crippen LogP contribution in [-0.4, -0.2) is 35.3 Å². The molecule has 1 aromatic rings. The first-order valence-electron chi connectivity index (χ1n) is 6.15. The Balaban J connectivity index is 2.57. The van der Waals surface area contributed by atoms with Gasteiger partial charge in [-0.3, -0.25) is 9.69 Å². The van der Waals surface area contributed by atoms with Gasteiger partial charge in [0, 0.05) is 12.1 Å². The van der Waals surface area contributed by atoms with Crippen LogP contribution in [0.2, 0.25) is 5.02 Å². The molecule has 3 nitrogen and oxygen atoms in total. The smallest absolute Gasteiger partial charge is 0.265 e. The summed E-state index contributed by atoms with van der Waals surface area (Å²) in [5, 5.41) is 0.664. The zero-order chi connectivity index (χ0) is 15.1. The molecule has 0 aliphatic carbocycles. The first-order valence-corrected chi connectivity index (χ1v) is 8.97. The summed E-state index contributed by atoms with van der Waals surface area (Å²) in [7, 11) is 1.58. The molecule has 1 unspecified atom stereocenters. The van der Waals surface area contributed by atoms with Gasteiger partial charge in [-0.15, -0.1) is 23.5 Å². The van der Waals surface area contributed by atoms with Crippen molar-refractivity contribution in [2.45, 2.75) is 23.7 Å². The number of methoxy groups -OCH3 is 1. The number of nitrogens with zero attached hydrogens (tertiary/aromatic N) is 1. The molecule has 20 heavy (non-hydrogen) atoms. The first kappa shape index (κ1) is 16.0. The number of ether oxygens (including phenoxy) is 1. The van der Waals surface area contributed by atoms with Crippen molar-refractivity contribution in [3.8, 4) is 0 Å². The van der Waals surface area contributed by atoms with E-state index in [4.69, 9.17) is 16.3 Å². The standard InChI is InChI=1S/C14H18ClNO2S2/c1-9-10(15)7-6-8-11(9)16-12(17)13(2,18-3)14(16,19-4)20-5/h6-8H,1-5H3. The molecule has 0 saturated carbocycles. The van der Waals surface area contributed by atoms with Crippen LogP contribution < -0.4 is 4.90 Å². The molecule has 1 amide bonds. The Morgan fingerprint density at radius 1 is 1.30 bits per heavy atom. The van der Waals surface area contributed by atoms with Gasteiger partial charge in [0.05, 0.1) is 5.69 Å². The third kappa shape index (κ3) is 1.83. The van der Waals surface area contributed by atoms with Crippen molar-refractivity contribution in [3.63, 3.8) is 0 Å². The number of carbonyl (C=O) groups excluding carboxylic acids is 1. The van der Waals surface area contributed by atoms with Crippen LogP contribution in [0.4, 0.5) is 5.69 Å². The molecule has 1 saturated heterocycles. The SMILES string of the molecule is COC1(C)C(=O)N(c2cccc(Cl)c2C)C1(SC)SC. The fourth-order valence-electron chi connectivity index (χ4n) is 2.62. The second kappa shape index (κ2) is 5.44. The molecule has 1 aliphatic rings. The molecule has 1 heterocycles. The number of thioether (sulfide) groups is 2. The number of hydrogen-bond acceptors (Lipinski definition) is 4. The van der Waals surface area contributed by atoms with Crippen molar-refractivity contribution in [1.82, 2.24) is 0 Å². The van der Waals surface area contributed by atoms with E-state index in [9.17, 15) is 4.79 Å². The topological polar surface area (TPSA) is 29.5 Å². The summed E-state index contributed by atoms with van der Waals surface area (Å²) >= 11 is 9.41. The minimum absolute atomic E-state index is 0.0333. The molecule has 0 radical (unpaired) electrons. The Hall–Kier alpha value is -0.360. The second-order valence-electron chi connectivity index (χ2n) is 4.75.